The van der Waals surface area contributed by atoms with Crippen molar-refractivity contribution < 1.29 is 4.79 Å². The molecule has 2 fully saturated rings. The second-order valence-corrected chi connectivity index (χ2v) is 10.0. The number of para-hydroxylation sites is 1. The Labute approximate surface area is 210 Å². The molecular weight excluding hydrogens is 462 g/mol. The first-order valence-electron chi connectivity index (χ1n) is 12.5. The quantitative estimate of drug-likeness (QED) is 0.525. The van der Waals surface area contributed by atoms with E-state index in [9.17, 15) is 9.59 Å². The third-order valence-electron chi connectivity index (χ3n) is 7.46. The van der Waals surface area contributed by atoms with Crippen molar-refractivity contribution in [2.75, 3.05) is 31.1 Å². The molecule has 8 heteroatoms. The van der Waals surface area contributed by atoms with Crippen LogP contribution in [0.25, 0.3) is 5.69 Å². The Morgan fingerprint density at radius 3 is 2.37 bits per heavy atom. The van der Waals surface area contributed by atoms with Crippen molar-refractivity contribution in [1.29, 1.82) is 0 Å². The average molecular weight is 494 g/mol. The molecule has 1 aliphatic carbocycles. The Hall–Kier alpha value is -3.06. The SMILES string of the molecule is Cc1cc(C(=O)N2CCN(c3cnn(-c4ccccc4)c(=O)c3Cl)CC2)c(C)n1C1CCCCC1. The Morgan fingerprint density at radius 1 is 1.00 bits per heavy atom. The molecule has 0 radical (unpaired) electrons. The first-order valence-corrected chi connectivity index (χ1v) is 12.9. The van der Waals surface area contributed by atoms with Gasteiger partial charge >= 0.3 is 0 Å². The molecule has 0 N–H and O–H groups in total. The van der Waals surface area contributed by atoms with Gasteiger partial charge in [0, 0.05) is 43.6 Å². The lowest BCUT2D eigenvalue weighted by Crippen LogP contribution is -2.49. The molecule has 1 aromatic carbocycles. The minimum Gasteiger partial charge on any atom is -0.365 e. The summed E-state index contributed by atoms with van der Waals surface area (Å²) in [5.41, 5.74) is 4.01. The van der Waals surface area contributed by atoms with Gasteiger partial charge in [0.2, 0.25) is 0 Å². The third-order valence-corrected chi connectivity index (χ3v) is 7.82. The first kappa shape index (κ1) is 23.7. The largest absolute Gasteiger partial charge is 0.365 e. The number of hydrogen-bond acceptors (Lipinski definition) is 4. The number of halogens is 1. The molecule has 5 rings (SSSR count). The molecule has 2 aromatic heterocycles. The zero-order chi connectivity index (χ0) is 24.5. The maximum atomic E-state index is 13.4. The summed E-state index contributed by atoms with van der Waals surface area (Å²) in [7, 11) is 0. The second kappa shape index (κ2) is 9.90. The summed E-state index contributed by atoms with van der Waals surface area (Å²) >= 11 is 6.49. The van der Waals surface area contributed by atoms with E-state index in [1.807, 2.05) is 40.1 Å². The van der Waals surface area contributed by atoms with Gasteiger partial charge in [-0.05, 0) is 44.9 Å². The average Bonchev–Trinajstić information content (AvgIpc) is 3.20. The van der Waals surface area contributed by atoms with Gasteiger partial charge < -0.3 is 14.4 Å². The maximum Gasteiger partial charge on any atom is 0.292 e. The highest BCUT2D eigenvalue weighted by molar-refractivity contribution is 6.33. The van der Waals surface area contributed by atoms with Crippen molar-refractivity contribution in [2.45, 2.75) is 52.0 Å². The molecule has 1 aliphatic heterocycles. The molecule has 1 amide bonds. The van der Waals surface area contributed by atoms with Gasteiger partial charge in [0.25, 0.3) is 11.5 Å². The van der Waals surface area contributed by atoms with Gasteiger partial charge in [-0.2, -0.15) is 9.78 Å². The summed E-state index contributed by atoms with van der Waals surface area (Å²) in [5, 5.41) is 4.50. The predicted molar refractivity (Wildman–Crippen MR) is 139 cm³/mol. The fraction of sp³-hybridized carbons (Fsp3) is 0.444. The maximum absolute atomic E-state index is 13.4. The fourth-order valence-electron chi connectivity index (χ4n) is 5.61. The predicted octanol–water partition coefficient (Wildman–Crippen LogP) is 4.77. The molecular formula is C27H32ClN5O2. The van der Waals surface area contributed by atoms with Crippen LogP contribution < -0.4 is 10.5 Å². The zero-order valence-electron chi connectivity index (χ0n) is 20.4. The van der Waals surface area contributed by atoms with E-state index in [0.717, 1.165) is 11.3 Å². The van der Waals surface area contributed by atoms with Crippen molar-refractivity contribution in [3.05, 3.63) is 74.9 Å². The Bertz CT molecular complexity index is 1270. The van der Waals surface area contributed by atoms with E-state index in [1.54, 1.807) is 6.20 Å². The molecule has 1 saturated carbocycles. The third kappa shape index (κ3) is 4.49. The van der Waals surface area contributed by atoms with Crippen LogP contribution in [0.15, 0.2) is 47.4 Å². The van der Waals surface area contributed by atoms with E-state index in [4.69, 9.17) is 11.6 Å². The van der Waals surface area contributed by atoms with Gasteiger partial charge in [-0.25, -0.2) is 0 Å². The summed E-state index contributed by atoms with van der Waals surface area (Å²) in [6.07, 6.45) is 7.88. The number of anilines is 1. The molecule has 3 heterocycles. The van der Waals surface area contributed by atoms with Crippen LogP contribution >= 0.6 is 11.6 Å². The van der Waals surface area contributed by atoms with E-state index in [0.29, 0.717) is 43.6 Å². The van der Waals surface area contributed by atoms with Gasteiger partial charge in [-0.1, -0.05) is 49.1 Å². The number of benzene rings is 1. The number of carbonyl (C=O) groups excluding carboxylic acids is 1. The lowest BCUT2D eigenvalue weighted by Gasteiger charge is -2.36. The van der Waals surface area contributed by atoms with Crippen molar-refractivity contribution in [1.82, 2.24) is 19.2 Å². The summed E-state index contributed by atoms with van der Waals surface area (Å²) in [6.45, 7) is 6.54. The van der Waals surface area contributed by atoms with Crippen LogP contribution in [0, 0.1) is 13.8 Å². The van der Waals surface area contributed by atoms with Crippen molar-refractivity contribution in [2.24, 2.45) is 0 Å². The lowest BCUT2D eigenvalue weighted by atomic mass is 9.95. The normalized spacial score (nSPS) is 17.1. The van der Waals surface area contributed by atoms with Gasteiger partial charge in [-0.3, -0.25) is 9.59 Å². The van der Waals surface area contributed by atoms with Crippen molar-refractivity contribution in [3.8, 4) is 5.69 Å². The first-order chi connectivity index (χ1) is 17.0. The Kier molecular flexibility index (Phi) is 6.69. The van der Waals surface area contributed by atoms with Gasteiger partial charge in [-0.15, -0.1) is 0 Å². The second-order valence-electron chi connectivity index (χ2n) is 9.62. The van der Waals surface area contributed by atoms with Crippen LogP contribution in [-0.2, 0) is 0 Å². The number of amides is 1. The van der Waals surface area contributed by atoms with Gasteiger partial charge in [0.15, 0.2) is 0 Å². The number of carbonyl (C=O) groups is 1. The highest BCUT2D eigenvalue weighted by Crippen LogP contribution is 2.33. The van der Waals surface area contributed by atoms with Crippen LogP contribution in [-0.4, -0.2) is 51.3 Å². The number of aryl methyl sites for hydroxylation is 1. The number of aromatic nitrogens is 3. The van der Waals surface area contributed by atoms with E-state index >= 15 is 0 Å². The minimum absolute atomic E-state index is 0.0866. The molecule has 1 saturated heterocycles. The number of piperazine rings is 1. The van der Waals surface area contributed by atoms with Crippen molar-refractivity contribution in [3.63, 3.8) is 0 Å². The highest BCUT2D eigenvalue weighted by Gasteiger charge is 2.28. The highest BCUT2D eigenvalue weighted by atomic mass is 35.5. The monoisotopic (exact) mass is 493 g/mol. The minimum atomic E-state index is -0.343. The Morgan fingerprint density at radius 2 is 1.69 bits per heavy atom. The zero-order valence-corrected chi connectivity index (χ0v) is 21.2. The van der Waals surface area contributed by atoms with E-state index in [1.165, 1.54) is 42.5 Å². The van der Waals surface area contributed by atoms with E-state index < -0.39 is 0 Å². The molecule has 0 spiro atoms. The van der Waals surface area contributed by atoms with Crippen molar-refractivity contribution >= 4 is 23.2 Å². The molecule has 0 atom stereocenters. The van der Waals surface area contributed by atoms with Crippen LogP contribution in [0.3, 0.4) is 0 Å². The summed E-state index contributed by atoms with van der Waals surface area (Å²) in [5.74, 6) is 0.0866. The summed E-state index contributed by atoms with van der Waals surface area (Å²) in [6, 6.07) is 11.8. The molecule has 184 valence electrons. The van der Waals surface area contributed by atoms with Crippen LogP contribution in [0.2, 0.25) is 5.02 Å². The molecule has 0 unspecified atom stereocenters. The lowest BCUT2D eigenvalue weighted by molar-refractivity contribution is 0.0745. The number of nitrogens with zero attached hydrogens (tertiary/aromatic N) is 5. The molecule has 35 heavy (non-hydrogen) atoms. The number of hydrogen-bond donors (Lipinski definition) is 0. The van der Waals surface area contributed by atoms with Gasteiger partial charge in [0.1, 0.15) is 5.02 Å². The smallest absolute Gasteiger partial charge is 0.292 e. The molecule has 2 aliphatic rings. The fourth-order valence-corrected chi connectivity index (χ4v) is 5.86. The molecule has 0 bridgehead atoms. The molecule has 7 nitrogen and oxygen atoms in total. The summed E-state index contributed by atoms with van der Waals surface area (Å²) < 4.78 is 3.70. The van der Waals surface area contributed by atoms with E-state index in [2.05, 4.69) is 29.6 Å². The molecule has 3 aromatic rings. The van der Waals surface area contributed by atoms with Gasteiger partial charge in [0.05, 0.1) is 23.1 Å². The number of rotatable bonds is 4. The van der Waals surface area contributed by atoms with Crippen LogP contribution in [0.5, 0.6) is 0 Å². The topological polar surface area (TPSA) is 63.4 Å². The standard InChI is InChI=1S/C27H32ClN5O2/c1-19-17-23(20(2)32(19)21-9-5-3-6-10-21)26(34)31-15-13-30(14-16-31)24-18-29-33(27(35)25(24)28)22-11-7-4-8-12-22/h4,7-8,11-12,17-18,21H,3,5-6,9-10,13-16H2,1-2H3. The Balaban J connectivity index is 1.29. The van der Waals surface area contributed by atoms with Crippen LogP contribution in [0.1, 0.15) is 59.9 Å². The summed E-state index contributed by atoms with van der Waals surface area (Å²) in [4.78, 5) is 30.3. The van der Waals surface area contributed by atoms with Crippen LogP contribution in [0.4, 0.5) is 5.69 Å². The van der Waals surface area contributed by atoms with E-state index in [-0.39, 0.29) is 16.5 Å².